The van der Waals surface area contributed by atoms with Crippen LogP contribution in [-0.4, -0.2) is 34.3 Å². The summed E-state index contributed by atoms with van der Waals surface area (Å²) < 4.78 is 48.3. The van der Waals surface area contributed by atoms with Crippen molar-refractivity contribution in [1.29, 1.82) is 0 Å². The molecule has 0 aliphatic rings. The molecule has 218 valence electrons. The van der Waals surface area contributed by atoms with Crippen LogP contribution in [0.25, 0.3) is 0 Å². The summed E-state index contributed by atoms with van der Waals surface area (Å²) in [5.74, 6) is 0.681. The van der Waals surface area contributed by atoms with E-state index in [4.69, 9.17) is 30.0 Å². The number of rotatable bonds is 12. The number of carbonyl (C=O) groups excluding carboxylic acids is 1. The molecule has 0 radical (unpaired) electrons. The number of hydrogen-bond donors (Lipinski definition) is 1. The van der Waals surface area contributed by atoms with Crippen LogP contribution in [0.5, 0.6) is 23.0 Å². The zero-order valence-corrected chi connectivity index (χ0v) is 26.3. The predicted molar refractivity (Wildman–Crippen MR) is 168 cm³/mol. The van der Waals surface area contributed by atoms with Crippen LogP contribution in [0.15, 0.2) is 94.9 Å². The maximum Gasteiger partial charge on any atom is 0.339 e. The van der Waals surface area contributed by atoms with Crippen molar-refractivity contribution >= 4 is 56.4 Å². The Hall–Kier alpha value is -3.81. The van der Waals surface area contributed by atoms with Gasteiger partial charge in [-0.05, 0) is 95.2 Å². The van der Waals surface area contributed by atoms with Crippen LogP contribution in [0, 0.1) is 3.57 Å². The van der Waals surface area contributed by atoms with Crippen LogP contribution < -0.4 is 23.8 Å². The molecule has 42 heavy (non-hydrogen) atoms. The Bertz CT molecular complexity index is 1680. The maximum atomic E-state index is 12.8. The van der Waals surface area contributed by atoms with Crippen LogP contribution in [-0.2, 0) is 16.7 Å². The molecule has 4 rings (SSSR count). The van der Waals surface area contributed by atoms with E-state index in [-0.39, 0.29) is 16.4 Å². The zero-order valence-electron chi connectivity index (χ0n) is 22.5. The van der Waals surface area contributed by atoms with Crippen molar-refractivity contribution in [2.24, 2.45) is 5.10 Å². The van der Waals surface area contributed by atoms with Gasteiger partial charge in [0.2, 0.25) is 0 Å². The van der Waals surface area contributed by atoms with Gasteiger partial charge >= 0.3 is 10.1 Å². The molecule has 9 nitrogen and oxygen atoms in total. The summed E-state index contributed by atoms with van der Waals surface area (Å²) in [5, 5.41) is 4.44. The highest BCUT2D eigenvalue weighted by Crippen LogP contribution is 2.36. The number of nitrogens with one attached hydrogen (secondary N) is 1. The number of methoxy groups -OCH3 is 1. The van der Waals surface area contributed by atoms with Gasteiger partial charge in [-0.3, -0.25) is 4.79 Å². The summed E-state index contributed by atoms with van der Waals surface area (Å²) >= 11 is 7.79. The van der Waals surface area contributed by atoms with E-state index in [1.54, 1.807) is 24.3 Å². The Morgan fingerprint density at radius 3 is 2.38 bits per heavy atom. The fourth-order valence-electron chi connectivity index (χ4n) is 3.66. The summed E-state index contributed by atoms with van der Waals surface area (Å²) in [4.78, 5) is 12.7. The molecule has 0 saturated heterocycles. The van der Waals surface area contributed by atoms with Crippen molar-refractivity contribution in [3.05, 3.63) is 110 Å². The Morgan fingerprint density at radius 2 is 1.69 bits per heavy atom. The smallest absolute Gasteiger partial charge is 0.339 e. The number of nitrogens with zero attached hydrogens (tertiary/aromatic N) is 1. The van der Waals surface area contributed by atoms with Crippen LogP contribution >= 0.6 is 34.2 Å². The first-order valence-corrected chi connectivity index (χ1v) is 15.4. The molecule has 4 aromatic carbocycles. The van der Waals surface area contributed by atoms with Gasteiger partial charge < -0.3 is 18.4 Å². The number of hydrogen-bond acceptors (Lipinski definition) is 8. The second-order valence-corrected chi connectivity index (χ2v) is 11.7. The Kier molecular flexibility index (Phi) is 10.7. The molecule has 12 heteroatoms. The minimum atomic E-state index is -4.14. The van der Waals surface area contributed by atoms with Crippen LogP contribution in [0.2, 0.25) is 5.02 Å². The van der Waals surface area contributed by atoms with Gasteiger partial charge in [0.15, 0.2) is 23.0 Å². The lowest BCUT2D eigenvalue weighted by Crippen LogP contribution is -2.18. The fourth-order valence-corrected chi connectivity index (χ4v) is 5.62. The highest BCUT2D eigenvalue weighted by Gasteiger charge is 2.22. The van der Waals surface area contributed by atoms with E-state index in [0.717, 1.165) is 5.56 Å². The number of benzene rings is 4. The molecule has 1 N–H and O–H groups in total. The van der Waals surface area contributed by atoms with Gasteiger partial charge in [0.05, 0.1) is 23.5 Å². The van der Waals surface area contributed by atoms with Crippen molar-refractivity contribution in [2.75, 3.05) is 13.7 Å². The number of ether oxygens (including phenoxy) is 3. The first kappa shape index (κ1) is 31.1. The normalized spacial score (nSPS) is 11.2. The molecule has 0 aliphatic heterocycles. The highest BCUT2D eigenvalue weighted by atomic mass is 127. The van der Waals surface area contributed by atoms with Crippen LogP contribution in [0.1, 0.15) is 28.4 Å². The number of halogens is 2. The van der Waals surface area contributed by atoms with Crippen molar-refractivity contribution in [3.63, 3.8) is 0 Å². The number of hydrazone groups is 1. The van der Waals surface area contributed by atoms with E-state index in [0.29, 0.717) is 44.4 Å². The predicted octanol–water partition coefficient (Wildman–Crippen LogP) is 6.46. The second kappa shape index (κ2) is 14.4. The molecule has 0 fully saturated rings. The first-order chi connectivity index (χ1) is 20.2. The molecule has 0 atom stereocenters. The summed E-state index contributed by atoms with van der Waals surface area (Å²) in [6.07, 6.45) is 1.40. The van der Waals surface area contributed by atoms with E-state index < -0.39 is 16.0 Å². The van der Waals surface area contributed by atoms with Crippen molar-refractivity contribution in [1.82, 2.24) is 5.43 Å². The van der Waals surface area contributed by atoms with E-state index in [1.807, 2.05) is 59.8 Å². The average Bonchev–Trinajstić information content (AvgIpc) is 2.98. The highest BCUT2D eigenvalue weighted by molar-refractivity contribution is 14.1. The minimum Gasteiger partial charge on any atom is -0.493 e. The summed E-state index contributed by atoms with van der Waals surface area (Å²) in [6, 6.07) is 23.4. The fraction of sp³-hybridized carbons (Fsp3) is 0.133. The molecule has 0 unspecified atom stereocenters. The summed E-state index contributed by atoms with van der Waals surface area (Å²) in [5.41, 5.74) is 4.35. The largest absolute Gasteiger partial charge is 0.493 e. The molecule has 0 spiro atoms. The molecule has 0 aromatic heterocycles. The monoisotopic (exact) mass is 720 g/mol. The molecule has 0 heterocycles. The van der Waals surface area contributed by atoms with E-state index >= 15 is 0 Å². The summed E-state index contributed by atoms with van der Waals surface area (Å²) in [6.45, 7) is 2.60. The second-order valence-electron chi connectivity index (χ2n) is 8.59. The standard InChI is InChI=1S/C30H26ClIN2O7S/c1-3-39-27-17-22(9-14-26(27)40-19-20-7-5-4-6-8-20)30(35)34-33-18-21-15-25(32)29(28(16-21)38-2)41-42(36,37)24-12-10-23(31)11-13-24/h4-18H,3,19H2,1-2H3,(H,34,35)/b33-18+. The third-order valence-electron chi connectivity index (χ3n) is 5.67. The van der Waals surface area contributed by atoms with Crippen LogP contribution in [0.3, 0.4) is 0 Å². The van der Waals surface area contributed by atoms with Gasteiger partial charge in [0.1, 0.15) is 11.5 Å². The zero-order chi connectivity index (χ0) is 30.1. The van der Waals surface area contributed by atoms with E-state index in [1.165, 1.54) is 43.7 Å². The lowest BCUT2D eigenvalue weighted by molar-refractivity contribution is 0.0954. The maximum absolute atomic E-state index is 12.8. The van der Waals surface area contributed by atoms with Crippen molar-refractivity contribution < 1.29 is 31.6 Å². The average molecular weight is 721 g/mol. The summed E-state index contributed by atoms with van der Waals surface area (Å²) in [7, 11) is -2.75. The molecule has 0 aliphatic carbocycles. The molecule has 0 saturated carbocycles. The lowest BCUT2D eigenvalue weighted by Gasteiger charge is -2.13. The Labute approximate surface area is 262 Å². The third-order valence-corrected chi connectivity index (χ3v) is 7.96. The molecular weight excluding hydrogens is 695 g/mol. The first-order valence-electron chi connectivity index (χ1n) is 12.5. The van der Waals surface area contributed by atoms with E-state index in [2.05, 4.69) is 10.5 Å². The van der Waals surface area contributed by atoms with Crippen molar-refractivity contribution in [3.8, 4) is 23.0 Å². The van der Waals surface area contributed by atoms with Gasteiger partial charge in [-0.15, -0.1) is 0 Å². The Balaban J connectivity index is 1.45. The third kappa shape index (κ3) is 8.14. The van der Waals surface area contributed by atoms with Gasteiger partial charge in [-0.2, -0.15) is 13.5 Å². The minimum absolute atomic E-state index is 0.0206. The van der Waals surface area contributed by atoms with Crippen molar-refractivity contribution in [2.45, 2.75) is 18.4 Å². The quantitative estimate of drug-likeness (QED) is 0.0774. The van der Waals surface area contributed by atoms with E-state index in [9.17, 15) is 13.2 Å². The number of carbonyl (C=O) groups is 1. The van der Waals surface area contributed by atoms with Gasteiger partial charge in [0.25, 0.3) is 5.91 Å². The molecule has 4 aromatic rings. The molecular formula is C30H26ClIN2O7S. The topological polar surface area (TPSA) is 113 Å². The molecule has 0 bridgehead atoms. The SMILES string of the molecule is CCOc1cc(C(=O)N/N=C/c2cc(I)c(OS(=O)(=O)c3ccc(Cl)cc3)c(OC)c2)ccc1OCc1ccccc1. The number of amides is 1. The van der Waals surface area contributed by atoms with Crippen LogP contribution in [0.4, 0.5) is 0 Å². The van der Waals surface area contributed by atoms with Gasteiger partial charge in [-0.1, -0.05) is 41.9 Å². The Morgan fingerprint density at radius 1 is 0.952 bits per heavy atom. The van der Waals surface area contributed by atoms with Gasteiger partial charge in [0, 0.05) is 10.6 Å². The molecule has 1 amide bonds. The lowest BCUT2D eigenvalue weighted by atomic mass is 10.2. The van der Waals surface area contributed by atoms with Gasteiger partial charge in [-0.25, -0.2) is 5.43 Å².